The number of hydrogen-bond acceptors (Lipinski definition) is 3. The third-order valence-corrected chi connectivity index (χ3v) is 4.32. The number of aromatic nitrogens is 2. The molecule has 0 aliphatic rings. The minimum Gasteiger partial charge on any atom is -0.391 e. The Balaban J connectivity index is 2.24. The van der Waals surface area contributed by atoms with Gasteiger partial charge in [-0.15, -0.1) is 11.8 Å². The van der Waals surface area contributed by atoms with Crippen molar-refractivity contribution in [1.29, 1.82) is 0 Å². The van der Waals surface area contributed by atoms with Gasteiger partial charge in [0.25, 0.3) is 0 Å². The molecule has 2 aromatic rings. The Morgan fingerprint density at radius 1 is 1.29 bits per heavy atom. The van der Waals surface area contributed by atoms with E-state index in [2.05, 4.69) is 5.10 Å². The lowest BCUT2D eigenvalue weighted by atomic mass is 10.2. The standard InChI is InChI=1S/C13H12ClF3N2OS/c1-19-12(10(6-20)11(18-19)13(15,16)17)21-7-8-2-4-9(14)5-3-8/h2-5,20H,6-7H2,1H3. The van der Waals surface area contributed by atoms with Crippen LogP contribution < -0.4 is 0 Å². The monoisotopic (exact) mass is 336 g/mol. The Morgan fingerprint density at radius 2 is 1.90 bits per heavy atom. The first-order valence-electron chi connectivity index (χ1n) is 5.94. The van der Waals surface area contributed by atoms with Crippen molar-refractivity contribution in [3.05, 3.63) is 46.1 Å². The molecule has 0 bridgehead atoms. The van der Waals surface area contributed by atoms with Gasteiger partial charge in [0.15, 0.2) is 5.69 Å². The van der Waals surface area contributed by atoms with Crippen LogP contribution in [0, 0.1) is 0 Å². The lowest BCUT2D eigenvalue weighted by molar-refractivity contribution is -0.142. The second-order valence-electron chi connectivity index (χ2n) is 4.33. The maximum Gasteiger partial charge on any atom is 0.435 e. The molecule has 1 heterocycles. The molecule has 3 nitrogen and oxygen atoms in total. The summed E-state index contributed by atoms with van der Waals surface area (Å²) in [5, 5.41) is 13.6. The third kappa shape index (κ3) is 3.72. The van der Waals surface area contributed by atoms with E-state index in [4.69, 9.17) is 11.6 Å². The van der Waals surface area contributed by atoms with Gasteiger partial charge in [0.1, 0.15) is 5.03 Å². The Hall–Kier alpha value is -1.18. The van der Waals surface area contributed by atoms with Crippen LogP contribution in [0.5, 0.6) is 0 Å². The quantitative estimate of drug-likeness (QED) is 0.861. The van der Waals surface area contributed by atoms with Gasteiger partial charge in [-0.3, -0.25) is 4.68 Å². The van der Waals surface area contributed by atoms with Gasteiger partial charge in [0, 0.05) is 23.4 Å². The van der Waals surface area contributed by atoms with E-state index in [1.165, 1.54) is 18.8 Å². The van der Waals surface area contributed by atoms with E-state index in [1.54, 1.807) is 24.3 Å². The topological polar surface area (TPSA) is 38.0 Å². The molecule has 0 amide bonds. The molecule has 1 aromatic heterocycles. The van der Waals surface area contributed by atoms with E-state index in [0.717, 1.165) is 10.2 Å². The highest BCUT2D eigenvalue weighted by Crippen LogP contribution is 2.36. The van der Waals surface area contributed by atoms with Gasteiger partial charge in [-0.2, -0.15) is 18.3 Å². The van der Waals surface area contributed by atoms with E-state index in [9.17, 15) is 18.3 Å². The first kappa shape index (κ1) is 16.2. The Morgan fingerprint density at radius 3 is 2.43 bits per heavy atom. The minimum atomic E-state index is -4.57. The van der Waals surface area contributed by atoms with Crippen LogP contribution in [0.2, 0.25) is 5.02 Å². The summed E-state index contributed by atoms with van der Waals surface area (Å²) in [4.78, 5) is 0. The molecule has 2 rings (SSSR count). The molecule has 0 spiro atoms. The van der Waals surface area contributed by atoms with Crippen molar-refractivity contribution in [3.8, 4) is 0 Å². The maximum absolute atomic E-state index is 12.8. The van der Waals surface area contributed by atoms with Gasteiger partial charge in [-0.05, 0) is 17.7 Å². The third-order valence-electron chi connectivity index (χ3n) is 2.80. The van der Waals surface area contributed by atoms with Crippen molar-refractivity contribution in [3.63, 3.8) is 0 Å². The maximum atomic E-state index is 12.8. The van der Waals surface area contributed by atoms with E-state index in [-0.39, 0.29) is 5.56 Å². The second-order valence-corrected chi connectivity index (χ2v) is 5.73. The summed E-state index contributed by atoms with van der Waals surface area (Å²) in [7, 11) is 1.43. The fraction of sp³-hybridized carbons (Fsp3) is 0.308. The van der Waals surface area contributed by atoms with Crippen LogP contribution in [-0.4, -0.2) is 14.9 Å². The van der Waals surface area contributed by atoms with E-state index in [1.807, 2.05) is 0 Å². The molecule has 0 radical (unpaired) electrons. The number of alkyl halides is 3. The molecule has 0 atom stereocenters. The highest BCUT2D eigenvalue weighted by molar-refractivity contribution is 7.98. The number of aryl methyl sites for hydroxylation is 1. The van der Waals surface area contributed by atoms with Crippen molar-refractivity contribution < 1.29 is 18.3 Å². The Kier molecular flexibility index (Phi) is 4.85. The summed E-state index contributed by atoms with van der Waals surface area (Å²) in [5.74, 6) is 0.459. The van der Waals surface area contributed by atoms with Crippen LogP contribution >= 0.6 is 23.4 Å². The molecule has 0 fully saturated rings. The number of nitrogens with zero attached hydrogens (tertiary/aromatic N) is 2. The van der Waals surface area contributed by atoms with Crippen LogP contribution in [0.3, 0.4) is 0 Å². The zero-order chi connectivity index (χ0) is 15.6. The zero-order valence-electron chi connectivity index (χ0n) is 11.0. The SMILES string of the molecule is Cn1nc(C(F)(F)F)c(CO)c1SCc1ccc(Cl)cc1. The number of benzene rings is 1. The highest BCUT2D eigenvalue weighted by Gasteiger charge is 2.38. The molecule has 1 N–H and O–H groups in total. The predicted octanol–water partition coefficient (Wildman–Crippen LogP) is 3.88. The van der Waals surface area contributed by atoms with E-state index >= 15 is 0 Å². The van der Waals surface area contributed by atoms with Crippen LogP contribution in [0.4, 0.5) is 13.2 Å². The number of halogens is 4. The smallest absolute Gasteiger partial charge is 0.391 e. The molecule has 0 aliphatic carbocycles. The fourth-order valence-corrected chi connectivity index (χ4v) is 3.02. The highest BCUT2D eigenvalue weighted by atomic mass is 35.5. The lowest BCUT2D eigenvalue weighted by Crippen LogP contribution is -2.09. The van der Waals surface area contributed by atoms with Crippen molar-refractivity contribution in [2.75, 3.05) is 0 Å². The van der Waals surface area contributed by atoms with Crippen molar-refractivity contribution in [2.45, 2.75) is 23.6 Å². The average molecular weight is 337 g/mol. The summed E-state index contributed by atoms with van der Waals surface area (Å²) < 4.78 is 39.6. The molecule has 1 aromatic carbocycles. The normalized spacial score (nSPS) is 11.9. The molecule has 0 unspecified atom stereocenters. The van der Waals surface area contributed by atoms with Crippen molar-refractivity contribution >= 4 is 23.4 Å². The summed E-state index contributed by atoms with van der Waals surface area (Å²) in [6.45, 7) is -0.703. The van der Waals surface area contributed by atoms with Crippen molar-refractivity contribution in [1.82, 2.24) is 9.78 Å². The minimum absolute atomic E-state index is 0.191. The van der Waals surface area contributed by atoms with Gasteiger partial charge >= 0.3 is 6.18 Å². The number of rotatable bonds is 4. The Bertz CT molecular complexity index is 626. The number of aliphatic hydroxyl groups excluding tert-OH is 1. The fourth-order valence-electron chi connectivity index (χ4n) is 1.84. The number of hydrogen-bond donors (Lipinski definition) is 1. The Labute approximate surface area is 128 Å². The molecule has 0 saturated carbocycles. The summed E-state index contributed by atoms with van der Waals surface area (Å²) in [6, 6.07) is 7.04. The first-order valence-corrected chi connectivity index (χ1v) is 7.30. The van der Waals surface area contributed by atoms with Crippen LogP contribution in [0.15, 0.2) is 29.3 Å². The van der Waals surface area contributed by atoms with Gasteiger partial charge in [-0.25, -0.2) is 0 Å². The largest absolute Gasteiger partial charge is 0.435 e. The molecule has 21 heavy (non-hydrogen) atoms. The zero-order valence-corrected chi connectivity index (χ0v) is 12.6. The van der Waals surface area contributed by atoms with Crippen molar-refractivity contribution in [2.24, 2.45) is 7.05 Å². The summed E-state index contributed by atoms with van der Waals surface area (Å²) in [5.41, 5.74) is -0.307. The van der Waals surface area contributed by atoms with Gasteiger partial charge in [0.05, 0.1) is 6.61 Å². The molecule has 0 aliphatic heterocycles. The van der Waals surface area contributed by atoms with Crippen LogP contribution in [-0.2, 0) is 25.6 Å². The van der Waals surface area contributed by atoms with Gasteiger partial charge in [0.2, 0.25) is 0 Å². The van der Waals surface area contributed by atoms with Crippen LogP contribution in [0.1, 0.15) is 16.8 Å². The first-order chi connectivity index (χ1) is 9.82. The summed E-state index contributed by atoms with van der Waals surface area (Å²) in [6.07, 6.45) is -4.57. The molecular formula is C13H12ClF3N2OS. The molecule has 114 valence electrons. The van der Waals surface area contributed by atoms with Crippen LogP contribution in [0.25, 0.3) is 0 Å². The van der Waals surface area contributed by atoms with E-state index in [0.29, 0.717) is 15.8 Å². The van der Waals surface area contributed by atoms with E-state index < -0.39 is 18.5 Å². The molecular weight excluding hydrogens is 325 g/mol. The lowest BCUT2D eigenvalue weighted by Gasteiger charge is -2.06. The predicted molar refractivity (Wildman–Crippen MR) is 75.1 cm³/mol. The average Bonchev–Trinajstić information content (AvgIpc) is 2.74. The molecule has 8 heteroatoms. The summed E-state index contributed by atoms with van der Waals surface area (Å²) >= 11 is 6.97. The number of aliphatic hydroxyl groups is 1. The number of thioether (sulfide) groups is 1. The van der Waals surface area contributed by atoms with Gasteiger partial charge in [-0.1, -0.05) is 23.7 Å². The molecule has 0 saturated heterocycles. The van der Waals surface area contributed by atoms with Gasteiger partial charge < -0.3 is 5.11 Å². The second kappa shape index (κ2) is 6.29.